The number of ether oxygens (including phenoxy) is 2. The smallest absolute Gasteiger partial charge is 0.338 e. The van der Waals surface area contributed by atoms with E-state index in [4.69, 9.17) is 25.5 Å². The first kappa shape index (κ1) is 23.8. The van der Waals surface area contributed by atoms with Crippen molar-refractivity contribution in [2.24, 2.45) is 4.99 Å². The van der Waals surface area contributed by atoms with E-state index in [2.05, 4.69) is 4.99 Å². The first-order valence-electron chi connectivity index (χ1n) is 11.0. The molecule has 1 aliphatic rings. The van der Waals surface area contributed by atoms with E-state index in [1.165, 1.54) is 23.0 Å². The molecule has 1 atom stereocenters. The van der Waals surface area contributed by atoms with Gasteiger partial charge in [-0.3, -0.25) is 9.36 Å². The van der Waals surface area contributed by atoms with Crippen molar-refractivity contribution in [2.45, 2.75) is 13.0 Å². The number of methoxy groups -OCH3 is 2. The molecule has 0 unspecified atom stereocenters. The Morgan fingerprint density at radius 1 is 1.14 bits per heavy atom. The van der Waals surface area contributed by atoms with Crippen molar-refractivity contribution in [1.29, 1.82) is 0 Å². The first-order valence-corrected chi connectivity index (χ1v) is 12.2. The van der Waals surface area contributed by atoms with E-state index in [0.717, 1.165) is 11.1 Å². The molecule has 182 valence electrons. The average Bonchev–Trinajstić information content (AvgIpc) is 3.47. The van der Waals surface area contributed by atoms with Gasteiger partial charge in [0.05, 0.1) is 36.1 Å². The highest BCUT2D eigenvalue weighted by Gasteiger charge is 2.33. The molecule has 0 saturated carbocycles. The lowest BCUT2D eigenvalue weighted by molar-refractivity contribution is -0.136. The third-order valence-electron chi connectivity index (χ3n) is 5.87. The van der Waals surface area contributed by atoms with Crippen molar-refractivity contribution in [3.05, 3.63) is 108 Å². The van der Waals surface area contributed by atoms with Gasteiger partial charge < -0.3 is 13.9 Å². The molecular formula is C27H21ClN2O5S. The third kappa shape index (κ3) is 4.29. The van der Waals surface area contributed by atoms with Crippen LogP contribution in [-0.2, 0) is 9.53 Å². The van der Waals surface area contributed by atoms with Crippen LogP contribution in [-0.4, -0.2) is 24.8 Å². The number of nitrogens with zero attached hydrogens (tertiary/aromatic N) is 2. The first-order chi connectivity index (χ1) is 17.4. The number of esters is 1. The summed E-state index contributed by atoms with van der Waals surface area (Å²) in [6.07, 6.45) is 1.68. The zero-order valence-electron chi connectivity index (χ0n) is 19.7. The summed E-state index contributed by atoms with van der Waals surface area (Å²) in [4.78, 5) is 31.4. The number of thiazole rings is 1. The Kier molecular flexibility index (Phi) is 6.38. The van der Waals surface area contributed by atoms with Crippen molar-refractivity contribution in [3.63, 3.8) is 0 Å². The summed E-state index contributed by atoms with van der Waals surface area (Å²) < 4.78 is 18.2. The topological polar surface area (TPSA) is 83.0 Å². The average molecular weight is 521 g/mol. The lowest BCUT2D eigenvalue weighted by atomic mass is 9.96. The van der Waals surface area contributed by atoms with Gasteiger partial charge in [0.25, 0.3) is 5.56 Å². The monoisotopic (exact) mass is 520 g/mol. The summed E-state index contributed by atoms with van der Waals surface area (Å²) >= 11 is 7.33. The Labute approximate surface area is 215 Å². The lowest BCUT2D eigenvalue weighted by Gasteiger charge is -2.24. The van der Waals surface area contributed by atoms with E-state index in [1.54, 1.807) is 44.4 Å². The van der Waals surface area contributed by atoms with Crippen LogP contribution < -0.4 is 19.6 Å². The van der Waals surface area contributed by atoms with Gasteiger partial charge in [-0.25, -0.2) is 9.79 Å². The van der Waals surface area contributed by atoms with Gasteiger partial charge in [0.1, 0.15) is 17.3 Å². The van der Waals surface area contributed by atoms with Crippen molar-refractivity contribution in [3.8, 4) is 17.1 Å². The summed E-state index contributed by atoms with van der Waals surface area (Å²) in [7, 11) is 2.89. The van der Waals surface area contributed by atoms with Crippen LogP contribution in [0.4, 0.5) is 0 Å². The number of rotatable bonds is 5. The molecule has 7 nitrogen and oxygen atoms in total. The number of aromatic nitrogens is 1. The van der Waals surface area contributed by atoms with Gasteiger partial charge in [0.15, 0.2) is 4.80 Å². The molecule has 4 aromatic rings. The summed E-state index contributed by atoms with van der Waals surface area (Å²) in [5.41, 5.74) is 2.09. The molecule has 36 heavy (non-hydrogen) atoms. The van der Waals surface area contributed by atoms with Crippen LogP contribution in [0.15, 0.2) is 86.1 Å². The maximum absolute atomic E-state index is 13.6. The van der Waals surface area contributed by atoms with Crippen LogP contribution >= 0.6 is 22.9 Å². The van der Waals surface area contributed by atoms with Crippen LogP contribution in [0, 0.1) is 0 Å². The molecule has 5 rings (SSSR count). The van der Waals surface area contributed by atoms with Gasteiger partial charge in [-0.1, -0.05) is 47.2 Å². The number of halogens is 1. The maximum atomic E-state index is 13.6. The summed E-state index contributed by atoms with van der Waals surface area (Å²) in [5.74, 6) is 1.28. The maximum Gasteiger partial charge on any atom is 0.338 e. The Morgan fingerprint density at radius 2 is 1.92 bits per heavy atom. The van der Waals surface area contributed by atoms with E-state index in [-0.39, 0.29) is 5.56 Å². The molecule has 0 fully saturated rings. The number of hydrogen-bond acceptors (Lipinski definition) is 7. The number of carbonyl (C=O) groups excluding carboxylic acids is 1. The number of carbonyl (C=O) groups is 1. The minimum absolute atomic E-state index is 0.283. The molecule has 0 aliphatic carbocycles. The summed E-state index contributed by atoms with van der Waals surface area (Å²) in [5, 5.41) is 0.606. The predicted molar refractivity (Wildman–Crippen MR) is 138 cm³/mol. The minimum Gasteiger partial charge on any atom is -0.497 e. The number of allylic oxidation sites excluding steroid dienone is 1. The van der Waals surface area contributed by atoms with Crippen molar-refractivity contribution in [2.75, 3.05) is 14.2 Å². The molecule has 0 N–H and O–H groups in total. The Hall–Kier alpha value is -3.88. The fourth-order valence-electron chi connectivity index (χ4n) is 4.15. The normalized spacial score (nSPS) is 15.4. The largest absolute Gasteiger partial charge is 0.497 e. The zero-order valence-corrected chi connectivity index (χ0v) is 21.2. The summed E-state index contributed by atoms with van der Waals surface area (Å²) in [6, 6.07) is 17.5. The highest BCUT2D eigenvalue weighted by molar-refractivity contribution is 7.07. The molecule has 0 bridgehead atoms. The van der Waals surface area contributed by atoms with Gasteiger partial charge in [-0.05, 0) is 48.9 Å². The van der Waals surface area contributed by atoms with Crippen LogP contribution in [0.25, 0.3) is 17.4 Å². The quantitative estimate of drug-likeness (QED) is 0.366. The second kappa shape index (κ2) is 9.64. The van der Waals surface area contributed by atoms with E-state index in [0.29, 0.717) is 42.9 Å². The zero-order chi connectivity index (χ0) is 25.4. The van der Waals surface area contributed by atoms with Gasteiger partial charge in [-0.15, -0.1) is 0 Å². The fourth-order valence-corrected chi connectivity index (χ4v) is 5.37. The molecular weight excluding hydrogens is 500 g/mol. The summed E-state index contributed by atoms with van der Waals surface area (Å²) in [6.45, 7) is 1.74. The second-order valence-electron chi connectivity index (χ2n) is 8.06. The minimum atomic E-state index is -0.694. The molecule has 3 heterocycles. The van der Waals surface area contributed by atoms with E-state index < -0.39 is 12.0 Å². The molecule has 2 aromatic carbocycles. The van der Waals surface area contributed by atoms with Gasteiger partial charge in [-0.2, -0.15) is 0 Å². The molecule has 0 radical (unpaired) electrons. The molecule has 1 aliphatic heterocycles. The number of furan rings is 1. The van der Waals surface area contributed by atoms with Crippen LogP contribution in [0.5, 0.6) is 5.75 Å². The van der Waals surface area contributed by atoms with Crippen LogP contribution in [0.1, 0.15) is 24.3 Å². The van der Waals surface area contributed by atoms with Gasteiger partial charge in [0, 0.05) is 16.7 Å². The Morgan fingerprint density at radius 3 is 2.61 bits per heavy atom. The third-order valence-corrected chi connectivity index (χ3v) is 7.09. The molecule has 9 heteroatoms. The number of hydrogen-bond donors (Lipinski definition) is 0. The predicted octanol–water partition coefficient (Wildman–Crippen LogP) is 4.33. The van der Waals surface area contributed by atoms with Gasteiger partial charge in [0.2, 0.25) is 0 Å². The van der Waals surface area contributed by atoms with Crippen LogP contribution in [0.2, 0.25) is 5.02 Å². The fraction of sp³-hybridized carbons (Fsp3) is 0.148. The van der Waals surface area contributed by atoms with E-state index in [1.807, 2.05) is 36.4 Å². The number of fused-ring (bicyclic) bond motifs is 1. The standard InChI is InChI=1S/C27H21ClN2O5S/c1-15-23(26(32)34-3)24(16-7-9-19(33-2)10-8-16)30-25(31)22(36-27(30)29-15)14-20-11-12-21(35-20)17-5-4-6-18(28)13-17/h4-14,24H,1-3H3/t24-/m1/s1. The Bertz CT molecular complexity index is 1680. The van der Waals surface area contributed by atoms with Crippen molar-refractivity contribution in [1.82, 2.24) is 4.57 Å². The van der Waals surface area contributed by atoms with Crippen molar-refractivity contribution < 1.29 is 18.7 Å². The molecule has 2 aromatic heterocycles. The highest BCUT2D eigenvalue weighted by atomic mass is 35.5. The van der Waals surface area contributed by atoms with E-state index >= 15 is 0 Å². The van der Waals surface area contributed by atoms with Crippen LogP contribution in [0.3, 0.4) is 0 Å². The second-order valence-corrected chi connectivity index (χ2v) is 9.50. The molecule has 0 amide bonds. The number of benzene rings is 2. The lowest BCUT2D eigenvalue weighted by Crippen LogP contribution is -2.39. The molecule has 0 spiro atoms. The SMILES string of the molecule is COC(=O)C1=C(C)N=c2sc(=Cc3ccc(-c4cccc(Cl)c4)o3)c(=O)n2[C@@H]1c1ccc(OC)cc1. The van der Waals surface area contributed by atoms with Gasteiger partial charge >= 0.3 is 5.97 Å². The highest BCUT2D eigenvalue weighted by Crippen LogP contribution is 2.31. The Balaban J connectivity index is 1.64. The molecule has 0 saturated heterocycles. The van der Waals surface area contributed by atoms with E-state index in [9.17, 15) is 9.59 Å². The van der Waals surface area contributed by atoms with Crippen molar-refractivity contribution >= 4 is 35.0 Å².